The summed E-state index contributed by atoms with van der Waals surface area (Å²) in [6.07, 6.45) is 2.58. The highest BCUT2D eigenvalue weighted by Crippen LogP contribution is 2.77. The summed E-state index contributed by atoms with van der Waals surface area (Å²) >= 11 is 37.9. The first-order chi connectivity index (χ1) is 7.70. The van der Waals surface area contributed by atoms with Gasteiger partial charge in [0.15, 0.2) is 4.33 Å². The van der Waals surface area contributed by atoms with E-state index >= 15 is 0 Å². The predicted octanol–water partition coefficient (Wildman–Crippen LogP) is 4.00. The minimum Gasteiger partial charge on any atom is -0.389 e. The summed E-state index contributed by atoms with van der Waals surface area (Å²) in [6, 6.07) is 0. The maximum absolute atomic E-state index is 9.97. The van der Waals surface area contributed by atoms with E-state index in [9.17, 15) is 5.11 Å². The topological polar surface area (TPSA) is 20.2 Å². The normalized spacial score (nSPS) is 54.6. The van der Waals surface area contributed by atoms with Crippen molar-refractivity contribution in [2.75, 3.05) is 0 Å². The van der Waals surface area contributed by atoms with Crippen molar-refractivity contribution < 1.29 is 5.11 Å². The van der Waals surface area contributed by atoms with E-state index in [1.54, 1.807) is 12.2 Å². The Bertz CT molecular complexity index is 471. The van der Waals surface area contributed by atoms with E-state index in [0.29, 0.717) is 0 Å². The van der Waals surface area contributed by atoms with Gasteiger partial charge in [0.1, 0.15) is 9.75 Å². The molecule has 1 N–H and O–H groups in total. The summed E-state index contributed by atoms with van der Waals surface area (Å²) in [6.45, 7) is 0. The Morgan fingerprint density at radius 3 is 2.06 bits per heavy atom. The van der Waals surface area contributed by atoms with Crippen LogP contribution >= 0.6 is 69.6 Å². The number of hydrogen-bond donors (Lipinski definition) is 1. The largest absolute Gasteiger partial charge is 0.389 e. The molecule has 1 nitrogen and oxygen atoms in total. The SMILES string of the molecule is O[C@H]1C=C[C@H]2[C@@H]1[C@@]1(Cl)C(Cl)=C(Cl)[C@]2(Cl)C1(Cl)Cl. The second kappa shape index (κ2) is 3.44. The van der Waals surface area contributed by atoms with Crippen LogP contribution < -0.4 is 0 Å². The molecule has 0 amide bonds. The highest BCUT2D eigenvalue weighted by Gasteiger charge is 2.83. The lowest BCUT2D eigenvalue weighted by Crippen LogP contribution is -2.46. The lowest BCUT2D eigenvalue weighted by molar-refractivity contribution is 0.138. The Balaban J connectivity index is 2.32. The first-order valence-electron chi connectivity index (χ1n) is 4.89. The molecule has 3 aliphatic rings. The lowest BCUT2D eigenvalue weighted by Gasteiger charge is -2.34. The Kier molecular flexibility index (Phi) is 2.66. The van der Waals surface area contributed by atoms with Crippen LogP contribution in [0.4, 0.5) is 0 Å². The highest BCUT2D eigenvalue weighted by molar-refractivity contribution is 6.65. The first-order valence-corrected chi connectivity index (χ1v) is 7.15. The number of allylic oxidation sites excluding steroid dienone is 3. The number of alkyl halides is 4. The van der Waals surface area contributed by atoms with Crippen LogP contribution in [-0.4, -0.2) is 25.3 Å². The second-order valence-electron chi connectivity index (χ2n) is 4.55. The molecule has 3 rings (SSSR count). The van der Waals surface area contributed by atoms with Crippen molar-refractivity contribution >= 4 is 69.6 Å². The Labute approximate surface area is 128 Å². The number of hydrogen-bond acceptors (Lipinski definition) is 1. The standard InChI is InChI=1S/C10H6Cl6O/c11-6-7(12)9(14)5-3(1-2-4(5)17)8(6,13)10(9,15)16/h1-5,17H/t3-,4-,5-,8-,9+/m0/s1. The van der Waals surface area contributed by atoms with Gasteiger partial charge in [0.05, 0.1) is 16.2 Å². The molecule has 0 radical (unpaired) electrons. The van der Waals surface area contributed by atoms with Gasteiger partial charge in [0.2, 0.25) is 0 Å². The van der Waals surface area contributed by atoms with Crippen molar-refractivity contribution in [3.8, 4) is 0 Å². The number of fused-ring (bicyclic) bond motifs is 5. The molecule has 94 valence electrons. The van der Waals surface area contributed by atoms with Crippen LogP contribution in [0.25, 0.3) is 0 Å². The van der Waals surface area contributed by atoms with Gasteiger partial charge in [0.25, 0.3) is 0 Å². The van der Waals surface area contributed by atoms with Crippen molar-refractivity contribution in [2.45, 2.75) is 20.2 Å². The summed E-state index contributed by atoms with van der Waals surface area (Å²) in [7, 11) is 0. The van der Waals surface area contributed by atoms with Gasteiger partial charge in [-0.1, -0.05) is 58.6 Å². The van der Waals surface area contributed by atoms with Crippen LogP contribution in [0.5, 0.6) is 0 Å². The molecule has 2 bridgehead atoms. The zero-order chi connectivity index (χ0) is 12.8. The van der Waals surface area contributed by atoms with Gasteiger partial charge in [-0.25, -0.2) is 0 Å². The average Bonchev–Trinajstić information content (AvgIpc) is 2.73. The second-order valence-corrected chi connectivity index (χ2v) is 7.83. The molecule has 0 spiro atoms. The number of aliphatic hydroxyl groups is 1. The maximum atomic E-state index is 9.97. The van der Waals surface area contributed by atoms with Gasteiger partial charge in [-0.3, -0.25) is 0 Å². The maximum Gasteiger partial charge on any atom is 0.167 e. The molecular weight excluding hydrogens is 349 g/mol. The van der Waals surface area contributed by atoms with E-state index in [4.69, 9.17) is 69.6 Å². The monoisotopic (exact) mass is 352 g/mol. The lowest BCUT2D eigenvalue weighted by atomic mass is 9.83. The zero-order valence-corrected chi connectivity index (χ0v) is 12.6. The predicted molar refractivity (Wildman–Crippen MR) is 72.5 cm³/mol. The van der Waals surface area contributed by atoms with Crippen molar-refractivity contribution in [1.29, 1.82) is 0 Å². The van der Waals surface area contributed by atoms with Gasteiger partial charge in [-0.05, 0) is 0 Å². The van der Waals surface area contributed by atoms with E-state index < -0.39 is 26.1 Å². The fourth-order valence-electron chi connectivity index (χ4n) is 3.12. The van der Waals surface area contributed by atoms with Gasteiger partial charge >= 0.3 is 0 Å². The van der Waals surface area contributed by atoms with Crippen molar-refractivity contribution in [1.82, 2.24) is 0 Å². The summed E-state index contributed by atoms with van der Waals surface area (Å²) < 4.78 is -1.56. The number of halogens is 6. The van der Waals surface area contributed by atoms with Crippen LogP contribution in [0, 0.1) is 11.8 Å². The fourth-order valence-corrected chi connectivity index (χ4v) is 6.13. The number of rotatable bonds is 0. The van der Waals surface area contributed by atoms with E-state index in [2.05, 4.69) is 0 Å². The van der Waals surface area contributed by atoms with Crippen LogP contribution in [0.3, 0.4) is 0 Å². The molecule has 0 saturated heterocycles. The molecule has 1 saturated carbocycles. The van der Waals surface area contributed by atoms with Crippen molar-refractivity contribution in [3.63, 3.8) is 0 Å². The van der Waals surface area contributed by atoms with Gasteiger partial charge in [0, 0.05) is 11.8 Å². The van der Waals surface area contributed by atoms with Gasteiger partial charge < -0.3 is 5.11 Å². The Morgan fingerprint density at radius 1 is 0.941 bits per heavy atom. The first kappa shape index (κ1) is 13.2. The minimum atomic E-state index is -1.56. The molecule has 1 fully saturated rings. The summed E-state index contributed by atoms with van der Waals surface area (Å²) in [5.74, 6) is -0.798. The Morgan fingerprint density at radius 2 is 1.47 bits per heavy atom. The smallest absolute Gasteiger partial charge is 0.167 e. The van der Waals surface area contributed by atoms with Gasteiger partial charge in [-0.2, -0.15) is 0 Å². The fraction of sp³-hybridized carbons (Fsp3) is 0.600. The average molecular weight is 355 g/mol. The minimum absolute atomic E-state index is 0.129. The summed E-state index contributed by atoms with van der Waals surface area (Å²) in [5, 5.41) is 10.3. The molecule has 0 aromatic rings. The third-order valence-electron chi connectivity index (χ3n) is 3.93. The number of aliphatic hydroxyl groups excluding tert-OH is 1. The third kappa shape index (κ3) is 1.09. The molecular formula is C10H6Cl6O. The van der Waals surface area contributed by atoms with Gasteiger partial charge in [-0.15, -0.1) is 23.2 Å². The summed E-state index contributed by atoms with van der Waals surface area (Å²) in [4.78, 5) is -2.64. The molecule has 0 heterocycles. The van der Waals surface area contributed by atoms with E-state index in [-0.39, 0.29) is 16.0 Å². The quantitative estimate of drug-likeness (QED) is 0.515. The van der Waals surface area contributed by atoms with E-state index in [0.717, 1.165) is 0 Å². The van der Waals surface area contributed by atoms with Crippen LogP contribution in [0.15, 0.2) is 22.2 Å². The molecule has 3 aliphatic carbocycles. The molecule has 0 aromatic heterocycles. The molecule has 0 unspecified atom stereocenters. The van der Waals surface area contributed by atoms with E-state index in [1.807, 2.05) is 0 Å². The molecule has 0 aliphatic heterocycles. The van der Waals surface area contributed by atoms with Crippen LogP contribution in [0.1, 0.15) is 0 Å². The van der Waals surface area contributed by atoms with Crippen LogP contribution in [0.2, 0.25) is 0 Å². The molecule has 5 atom stereocenters. The summed E-state index contributed by atoms with van der Waals surface area (Å²) in [5.41, 5.74) is 0. The van der Waals surface area contributed by atoms with E-state index in [1.165, 1.54) is 0 Å². The Hall–Kier alpha value is 1.18. The van der Waals surface area contributed by atoms with Crippen molar-refractivity contribution in [2.24, 2.45) is 11.8 Å². The zero-order valence-electron chi connectivity index (χ0n) is 8.10. The molecule has 0 aromatic carbocycles. The molecule has 7 heteroatoms. The van der Waals surface area contributed by atoms with Crippen molar-refractivity contribution in [3.05, 3.63) is 22.2 Å². The molecule has 17 heavy (non-hydrogen) atoms. The third-order valence-corrected chi connectivity index (χ3v) is 8.23. The highest BCUT2D eigenvalue weighted by atomic mass is 35.5. The van der Waals surface area contributed by atoms with Crippen LogP contribution in [-0.2, 0) is 0 Å².